The van der Waals surface area contributed by atoms with Crippen molar-refractivity contribution >= 4 is 34.9 Å². The Morgan fingerprint density at radius 2 is 1.91 bits per heavy atom. The van der Waals surface area contributed by atoms with Gasteiger partial charge in [0.1, 0.15) is 6.61 Å². The molecule has 1 aromatic heterocycles. The molecule has 0 aliphatic rings. The second-order valence-corrected chi connectivity index (χ2v) is 7.79. The predicted octanol–water partition coefficient (Wildman–Crippen LogP) is 4.39. The van der Waals surface area contributed by atoms with Crippen molar-refractivity contribution in [2.75, 3.05) is 12.9 Å². The topological polar surface area (TPSA) is 88.6 Å². The predicted molar refractivity (Wildman–Crippen MR) is 126 cm³/mol. The Morgan fingerprint density at radius 3 is 2.72 bits per heavy atom. The monoisotopic (exact) mass is 446 g/mol. The zero-order chi connectivity index (χ0) is 22.2. The fraction of sp³-hybridized carbons (Fsp3) is 0.125. The maximum Gasteiger partial charge on any atom is 0.250 e. The number of nitrogens with one attached hydrogen (secondary N) is 2. The van der Waals surface area contributed by atoms with Crippen LogP contribution < -0.4 is 14.9 Å². The molecule has 2 N–H and O–H groups in total. The molecule has 0 spiro atoms. The number of hydrazone groups is 1. The van der Waals surface area contributed by atoms with Crippen molar-refractivity contribution < 1.29 is 14.3 Å². The van der Waals surface area contributed by atoms with E-state index in [1.54, 1.807) is 19.4 Å². The van der Waals surface area contributed by atoms with E-state index < -0.39 is 0 Å². The Labute approximate surface area is 189 Å². The normalized spacial score (nSPS) is 11.0. The summed E-state index contributed by atoms with van der Waals surface area (Å²) in [5, 5.41) is 4.74. The zero-order valence-electron chi connectivity index (χ0n) is 17.4. The van der Waals surface area contributed by atoms with Crippen LogP contribution in [-0.4, -0.2) is 35.0 Å². The largest absolute Gasteiger partial charge is 0.493 e. The number of imidazole rings is 1. The molecule has 162 valence electrons. The molecule has 0 saturated carbocycles. The van der Waals surface area contributed by atoms with Crippen molar-refractivity contribution in [3.8, 4) is 11.5 Å². The number of methoxy groups -OCH3 is 1. The van der Waals surface area contributed by atoms with Crippen molar-refractivity contribution in [3.63, 3.8) is 0 Å². The van der Waals surface area contributed by atoms with Gasteiger partial charge in [-0.15, -0.1) is 0 Å². The summed E-state index contributed by atoms with van der Waals surface area (Å²) in [4.78, 5) is 19.7. The van der Waals surface area contributed by atoms with Gasteiger partial charge in [0.25, 0.3) is 5.91 Å². The molecule has 1 heterocycles. The highest BCUT2D eigenvalue weighted by Crippen LogP contribution is 2.28. The molecule has 8 heteroatoms. The summed E-state index contributed by atoms with van der Waals surface area (Å²) < 4.78 is 11.3. The minimum absolute atomic E-state index is 0.200. The van der Waals surface area contributed by atoms with Gasteiger partial charge in [0.2, 0.25) is 0 Å². The lowest BCUT2D eigenvalue weighted by Crippen LogP contribution is -2.19. The third-order valence-electron chi connectivity index (χ3n) is 4.54. The SMILES string of the molecule is COc1ccc(/C=N/NC(=O)CSc2nc3ccccc3[nH]2)cc1OCc1ccccc1. The van der Waals surface area contributed by atoms with Gasteiger partial charge in [0, 0.05) is 0 Å². The molecule has 0 saturated heterocycles. The Hall–Kier alpha value is -3.78. The Kier molecular flexibility index (Phi) is 7.04. The molecule has 1 amide bonds. The number of H-pyrrole nitrogens is 1. The highest BCUT2D eigenvalue weighted by molar-refractivity contribution is 7.99. The number of hydrogen-bond donors (Lipinski definition) is 2. The third-order valence-corrected chi connectivity index (χ3v) is 5.41. The summed E-state index contributed by atoms with van der Waals surface area (Å²) in [5.41, 5.74) is 6.19. The van der Waals surface area contributed by atoms with E-state index in [1.165, 1.54) is 11.8 Å². The highest BCUT2D eigenvalue weighted by Gasteiger charge is 2.08. The quantitative estimate of drug-likeness (QED) is 0.226. The van der Waals surface area contributed by atoms with Crippen LogP contribution in [0.3, 0.4) is 0 Å². The van der Waals surface area contributed by atoms with E-state index in [0.717, 1.165) is 22.2 Å². The van der Waals surface area contributed by atoms with Crippen LogP contribution in [0.15, 0.2) is 83.1 Å². The fourth-order valence-corrected chi connectivity index (χ4v) is 3.64. The van der Waals surface area contributed by atoms with Gasteiger partial charge in [-0.1, -0.05) is 54.2 Å². The number of thioether (sulfide) groups is 1. The zero-order valence-corrected chi connectivity index (χ0v) is 18.3. The Bertz CT molecular complexity index is 1190. The molecule has 0 radical (unpaired) electrons. The number of hydrogen-bond acceptors (Lipinski definition) is 6. The molecule has 4 rings (SSSR count). The first-order valence-corrected chi connectivity index (χ1v) is 10.9. The Balaban J connectivity index is 1.31. The number of ether oxygens (including phenoxy) is 2. The van der Waals surface area contributed by atoms with E-state index in [2.05, 4.69) is 20.5 Å². The number of carbonyl (C=O) groups excluding carboxylic acids is 1. The van der Waals surface area contributed by atoms with Gasteiger partial charge < -0.3 is 14.5 Å². The number of carbonyl (C=O) groups is 1. The van der Waals surface area contributed by atoms with Gasteiger partial charge >= 0.3 is 0 Å². The average molecular weight is 447 g/mol. The van der Waals surface area contributed by atoms with Crippen LogP contribution in [0.25, 0.3) is 11.0 Å². The molecule has 0 fully saturated rings. The fourth-order valence-electron chi connectivity index (χ4n) is 2.96. The standard InChI is InChI=1S/C24H22N4O3S/c1-30-21-12-11-18(13-22(21)31-15-17-7-3-2-4-8-17)14-25-28-23(29)16-32-24-26-19-9-5-6-10-20(19)27-24/h2-14H,15-16H2,1H3,(H,26,27)(H,28,29)/b25-14+. The van der Waals surface area contributed by atoms with E-state index in [9.17, 15) is 4.79 Å². The van der Waals surface area contributed by atoms with Crippen LogP contribution in [0.2, 0.25) is 0 Å². The van der Waals surface area contributed by atoms with E-state index in [4.69, 9.17) is 9.47 Å². The number of nitrogens with zero attached hydrogens (tertiary/aromatic N) is 2. The number of aromatic amines is 1. The molecular weight excluding hydrogens is 424 g/mol. The van der Waals surface area contributed by atoms with Gasteiger partial charge in [-0.3, -0.25) is 4.79 Å². The number of amides is 1. The van der Waals surface area contributed by atoms with E-state index in [-0.39, 0.29) is 11.7 Å². The van der Waals surface area contributed by atoms with Crippen molar-refractivity contribution in [2.24, 2.45) is 5.10 Å². The van der Waals surface area contributed by atoms with E-state index in [0.29, 0.717) is 23.3 Å². The molecule has 0 aliphatic heterocycles. The molecule has 32 heavy (non-hydrogen) atoms. The smallest absolute Gasteiger partial charge is 0.250 e. The second-order valence-electron chi connectivity index (χ2n) is 6.83. The number of fused-ring (bicyclic) bond motifs is 1. The van der Waals surface area contributed by atoms with Crippen LogP contribution in [-0.2, 0) is 11.4 Å². The van der Waals surface area contributed by atoms with Crippen LogP contribution >= 0.6 is 11.8 Å². The first-order chi connectivity index (χ1) is 15.7. The maximum absolute atomic E-state index is 12.1. The van der Waals surface area contributed by atoms with Crippen LogP contribution in [0.1, 0.15) is 11.1 Å². The van der Waals surface area contributed by atoms with E-state index in [1.807, 2.05) is 66.7 Å². The van der Waals surface area contributed by atoms with Gasteiger partial charge in [-0.05, 0) is 41.5 Å². The lowest BCUT2D eigenvalue weighted by molar-refractivity contribution is -0.118. The molecule has 0 aliphatic carbocycles. The van der Waals surface area contributed by atoms with Crippen molar-refractivity contribution in [2.45, 2.75) is 11.8 Å². The minimum atomic E-state index is -0.222. The number of aromatic nitrogens is 2. The summed E-state index contributed by atoms with van der Waals surface area (Å²) in [6, 6.07) is 23.1. The minimum Gasteiger partial charge on any atom is -0.493 e. The summed E-state index contributed by atoms with van der Waals surface area (Å²) >= 11 is 1.32. The summed E-state index contributed by atoms with van der Waals surface area (Å²) in [5.74, 6) is 1.21. The lowest BCUT2D eigenvalue weighted by Gasteiger charge is -2.11. The molecule has 0 atom stereocenters. The first kappa shape index (κ1) is 21.5. The van der Waals surface area contributed by atoms with Crippen molar-refractivity contribution in [3.05, 3.63) is 83.9 Å². The molecular formula is C24H22N4O3S. The summed E-state index contributed by atoms with van der Waals surface area (Å²) in [6.45, 7) is 0.424. The summed E-state index contributed by atoms with van der Waals surface area (Å²) in [6.07, 6.45) is 1.57. The number of para-hydroxylation sites is 2. The first-order valence-electron chi connectivity index (χ1n) is 9.95. The van der Waals surface area contributed by atoms with Crippen LogP contribution in [0, 0.1) is 0 Å². The molecule has 7 nitrogen and oxygen atoms in total. The third kappa shape index (κ3) is 5.67. The van der Waals surface area contributed by atoms with Crippen LogP contribution in [0.4, 0.5) is 0 Å². The van der Waals surface area contributed by atoms with Gasteiger partial charge in [-0.2, -0.15) is 5.10 Å². The lowest BCUT2D eigenvalue weighted by atomic mass is 10.2. The highest BCUT2D eigenvalue weighted by atomic mass is 32.2. The molecule has 0 unspecified atom stereocenters. The van der Waals surface area contributed by atoms with Crippen LogP contribution in [0.5, 0.6) is 11.5 Å². The van der Waals surface area contributed by atoms with Crippen molar-refractivity contribution in [1.82, 2.24) is 15.4 Å². The molecule has 0 bridgehead atoms. The van der Waals surface area contributed by atoms with Gasteiger partial charge in [0.05, 0.1) is 30.1 Å². The second kappa shape index (κ2) is 10.5. The number of rotatable bonds is 9. The maximum atomic E-state index is 12.1. The number of benzene rings is 3. The van der Waals surface area contributed by atoms with Gasteiger partial charge in [0.15, 0.2) is 16.7 Å². The Morgan fingerprint density at radius 1 is 1.09 bits per heavy atom. The van der Waals surface area contributed by atoms with Gasteiger partial charge in [-0.25, -0.2) is 10.4 Å². The molecule has 3 aromatic carbocycles. The molecule has 4 aromatic rings. The average Bonchev–Trinajstić information content (AvgIpc) is 3.25. The van der Waals surface area contributed by atoms with E-state index >= 15 is 0 Å². The van der Waals surface area contributed by atoms with Crippen molar-refractivity contribution in [1.29, 1.82) is 0 Å². The summed E-state index contributed by atoms with van der Waals surface area (Å²) in [7, 11) is 1.60.